The fourth-order valence-electron chi connectivity index (χ4n) is 3.03. The summed E-state index contributed by atoms with van der Waals surface area (Å²) in [6.45, 7) is 0.287. The normalized spacial score (nSPS) is 12.3. The molecule has 0 bridgehead atoms. The van der Waals surface area contributed by atoms with Crippen LogP contribution in [0.3, 0.4) is 0 Å². The van der Waals surface area contributed by atoms with Gasteiger partial charge in [0, 0.05) is 13.3 Å². The summed E-state index contributed by atoms with van der Waals surface area (Å²) in [5.74, 6) is -0.651. The van der Waals surface area contributed by atoms with Crippen LogP contribution in [-0.4, -0.2) is 55.4 Å². The van der Waals surface area contributed by atoms with E-state index in [1.807, 2.05) is 54.6 Å². The molecule has 1 heterocycles. The standard InChI is InChI=1S/C22H25N3O5S2/c1-25(14-20-23-17-10-6-7-11-19(17)31-20)21(26)18(12-13-32(2,28)29)24-22(27)30-15-16-8-4-3-5-9-16/h3-11,18H,12-15H2,1-2H3,(H,24,27)/t18-/m0/s1. The Morgan fingerprint density at radius 3 is 2.50 bits per heavy atom. The first-order valence-corrected chi connectivity index (χ1v) is 12.8. The van der Waals surface area contributed by atoms with Gasteiger partial charge in [0.1, 0.15) is 27.5 Å². The van der Waals surface area contributed by atoms with Crippen molar-refractivity contribution in [2.45, 2.75) is 25.6 Å². The van der Waals surface area contributed by atoms with E-state index < -0.39 is 27.9 Å². The van der Waals surface area contributed by atoms with Gasteiger partial charge in [0.15, 0.2) is 0 Å². The van der Waals surface area contributed by atoms with E-state index in [9.17, 15) is 18.0 Å². The molecule has 0 saturated carbocycles. The summed E-state index contributed by atoms with van der Waals surface area (Å²) in [7, 11) is -1.72. The predicted octanol–water partition coefficient (Wildman–Crippen LogP) is 2.98. The molecule has 0 aliphatic rings. The highest BCUT2D eigenvalue weighted by atomic mass is 32.2. The molecule has 10 heteroatoms. The topological polar surface area (TPSA) is 106 Å². The van der Waals surface area contributed by atoms with Gasteiger partial charge in [0.2, 0.25) is 5.91 Å². The lowest BCUT2D eigenvalue weighted by Crippen LogP contribution is -2.48. The molecule has 170 valence electrons. The lowest BCUT2D eigenvalue weighted by molar-refractivity contribution is -0.132. The number of likely N-dealkylation sites (N-methyl/N-ethyl adjacent to an activating group) is 1. The van der Waals surface area contributed by atoms with Crippen molar-refractivity contribution in [3.8, 4) is 0 Å². The summed E-state index contributed by atoms with van der Waals surface area (Å²) in [6.07, 6.45) is 0.254. The van der Waals surface area contributed by atoms with Gasteiger partial charge in [-0.05, 0) is 24.1 Å². The number of nitrogens with zero attached hydrogens (tertiary/aromatic N) is 2. The van der Waals surface area contributed by atoms with E-state index in [4.69, 9.17) is 4.74 Å². The van der Waals surface area contributed by atoms with Gasteiger partial charge in [-0.3, -0.25) is 4.79 Å². The number of amides is 2. The van der Waals surface area contributed by atoms with Gasteiger partial charge >= 0.3 is 6.09 Å². The molecule has 1 N–H and O–H groups in total. The Kier molecular flexibility index (Phi) is 7.81. The number of hydrogen-bond acceptors (Lipinski definition) is 7. The number of carbonyl (C=O) groups excluding carboxylic acids is 2. The third kappa shape index (κ3) is 7.03. The van der Waals surface area contributed by atoms with Crippen LogP contribution in [0.1, 0.15) is 17.0 Å². The molecule has 2 aromatic carbocycles. The SMILES string of the molecule is CN(Cc1nc2ccccc2s1)C(=O)[C@H](CCS(C)(=O)=O)NC(=O)OCc1ccccc1. The zero-order valence-corrected chi connectivity index (χ0v) is 19.5. The van der Waals surface area contributed by atoms with Gasteiger partial charge in [-0.1, -0.05) is 42.5 Å². The average Bonchev–Trinajstić information content (AvgIpc) is 3.17. The summed E-state index contributed by atoms with van der Waals surface area (Å²) >= 11 is 1.48. The van der Waals surface area contributed by atoms with Crippen LogP contribution in [0.4, 0.5) is 4.79 Å². The number of benzene rings is 2. The number of hydrogen-bond donors (Lipinski definition) is 1. The first kappa shape index (κ1) is 23.7. The number of aromatic nitrogens is 1. The van der Waals surface area contributed by atoms with E-state index in [1.165, 1.54) is 16.2 Å². The molecular weight excluding hydrogens is 450 g/mol. The minimum atomic E-state index is -3.32. The van der Waals surface area contributed by atoms with Crippen LogP contribution in [0.15, 0.2) is 54.6 Å². The number of carbonyl (C=O) groups is 2. The van der Waals surface area contributed by atoms with Crippen molar-refractivity contribution >= 4 is 43.4 Å². The molecule has 0 unspecified atom stereocenters. The predicted molar refractivity (Wildman–Crippen MR) is 124 cm³/mol. The highest BCUT2D eigenvalue weighted by Crippen LogP contribution is 2.22. The summed E-state index contributed by atoms with van der Waals surface area (Å²) in [5, 5.41) is 3.26. The zero-order valence-electron chi connectivity index (χ0n) is 17.9. The fourth-order valence-corrected chi connectivity index (χ4v) is 4.72. The molecule has 0 spiro atoms. The van der Waals surface area contributed by atoms with Gasteiger partial charge in [0.05, 0.1) is 22.5 Å². The average molecular weight is 476 g/mol. The number of ether oxygens (including phenoxy) is 1. The van der Waals surface area contributed by atoms with Crippen molar-refractivity contribution in [3.63, 3.8) is 0 Å². The molecule has 1 atom stereocenters. The maximum absolute atomic E-state index is 13.0. The first-order chi connectivity index (χ1) is 15.2. The largest absolute Gasteiger partial charge is 0.445 e. The minimum Gasteiger partial charge on any atom is -0.445 e. The molecule has 0 fully saturated rings. The second-order valence-corrected chi connectivity index (χ2v) is 10.8. The van der Waals surface area contributed by atoms with Gasteiger partial charge < -0.3 is 15.0 Å². The van der Waals surface area contributed by atoms with Crippen LogP contribution in [0.2, 0.25) is 0 Å². The summed E-state index contributed by atoms with van der Waals surface area (Å²) in [4.78, 5) is 31.3. The second kappa shape index (κ2) is 10.6. The van der Waals surface area contributed by atoms with E-state index in [1.54, 1.807) is 7.05 Å². The van der Waals surface area contributed by atoms with Crippen molar-refractivity contribution in [2.24, 2.45) is 0 Å². The van der Waals surface area contributed by atoms with Crippen LogP contribution >= 0.6 is 11.3 Å². The lowest BCUT2D eigenvalue weighted by Gasteiger charge is -2.23. The van der Waals surface area contributed by atoms with E-state index in [-0.39, 0.29) is 25.3 Å². The van der Waals surface area contributed by atoms with Crippen molar-refractivity contribution < 1.29 is 22.7 Å². The van der Waals surface area contributed by atoms with Gasteiger partial charge in [0.25, 0.3) is 0 Å². The smallest absolute Gasteiger partial charge is 0.408 e. The number of sulfone groups is 1. The van der Waals surface area contributed by atoms with Crippen LogP contribution in [0.5, 0.6) is 0 Å². The first-order valence-electron chi connectivity index (χ1n) is 9.95. The molecular formula is C22H25N3O5S2. The molecule has 0 saturated heterocycles. The lowest BCUT2D eigenvalue weighted by atomic mass is 10.2. The highest BCUT2D eigenvalue weighted by Gasteiger charge is 2.26. The van der Waals surface area contributed by atoms with Crippen LogP contribution in [0, 0.1) is 0 Å². The zero-order chi connectivity index (χ0) is 23.1. The minimum absolute atomic E-state index is 0.0429. The molecule has 2 amide bonds. The Balaban J connectivity index is 1.65. The Bertz CT molecular complexity index is 1150. The summed E-state index contributed by atoms with van der Waals surface area (Å²) in [5.41, 5.74) is 1.65. The Labute approximate surface area is 191 Å². The van der Waals surface area contributed by atoms with Gasteiger partial charge in [-0.15, -0.1) is 11.3 Å². The van der Waals surface area contributed by atoms with Gasteiger partial charge in [-0.2, -0.15) is 0 Å². The van der Waals surface area contributed by atoms with Crippen molar-refractivity contribution in [1.29, 1.82) is 0 Å². The molecule has 0 aliphatic heterocycles. The van der Waals surface area contributed by atoms with Crippen LogP contribution < -0.4 is 5.32 Å². The Hall–Kier alpha value is -2.98. The number of alkyl carbamates (subject to hydrolysis) is 1. The van der Waals surface area contributed by atoms with Crippen molar-refractivity contribution in [1.82, 2.24) is 15.2 Å². The third-order valence-electron chi connectivity index (χ3n) is 4.67. The van der Waals surface area contributed by atoms with E-state index in [2.05, 4.69) is 10.3 Å². The van der Waals surface area contributed by atoms with Crippen LogP contribution in [-0.2, 0) is 32.5 Å². The number of para-hydroxylation sites is 1. The monoisotopic (exact) mass is 475 g/mol. The van der Waals surface area contributed by atoms with E-state index in [0.29, 0.717) is 0 Å². The maximum atomic E-state index is 13.0. The Morgan fingerprint density at radius 1 is 1.12 bits per heavy atom. The molecule has 32 heavy (non-hydrogen) atoms. The molecule has 1 aromatic heterocycles. The maximum Gasteiger partial charge on any atom is 0.408 e. The molecule has 0 radical (unpaired) electrons. The molecule has 3 aromatic rings. The molecule has 0 aliphatic carbocycles. The molecule has 8 nitrogen and oxygen atoms in total. The number of fused-ring (bicyclic) bond motifs is 1. The highest BCUT2D eigenvalue weighted by molar-refractivity contribution is 7.90. The van der Waals surface area contributed by atoms with E-state index >= 15 is 0 Å². The molecule has 3 rings (SSSR count). The van der Waals surface area contributed by atoms with Gasteiger partial charge in [-0.25, -0.2) is 18.2 Å². The fraction of sp³-hybridized carbons (Fsp3) is 0.318. The van der Waals surface area contributed by atoms with Crippen molar-refractivity contribution in [2.75, 3.05) is 19.1 Å². The number of thiazole rings is 1. The number of nitrogens with one attached hydrogen (secondary N) is 1. The van der Waals surface area contributed by atoms with E-state index in [0.717, 1.165) is 27.0 Å². The van der Waals surface area contributed by atoms with Crippen LogP contribution in [0.25, 0.3) is 10.2 Å². The Morgan fingerprint density at radius 2 is 1.81 bits per heavy atom. The quantitative estimate of drug-likeness (QED) is 0.510. The summed E-state index contributed by atoms with van der Waals surface area (Å²) < 4.78 is 29.5. The second-order valence-electron chi connectivity index (χ2n) is 7.45. The third-order valence-corrected chi connectivity index (χ3v) is 6.67. The number of rotatable bonds is 9. The van der Waals surface area contributed by atoms with Crippen molar-refractivity contribution in [3.05, 3.63) is 65.2 Å². The summed E-state index contributed by atoms with van der Waals surface area (Å²) in [6, 6.07) is 15.8.